The number of hydrogen-bond acceptors (Lipinski definition) is 2. The molecule has 102 valence electrons. The van der Waals surface area contributed by atoms with Gasteiger partial charge in [-0.3, -0.25) is 9.69 Å². The van der Waals surface area contributed by atoms with Gasteiger partial charge in [-0.2, -0.15) is 0 Å². The predicted molar refractivity (Wildman–Crippen MR) is 76.8 cm³/mol. The van der Waals surface area contributed by atoms with Crippen LogP contribution in [0.3, 0.4) is 0 Å². The molecule has 0 spiro atoms. The first kappa shape index (κ1) is 12.9. The Balaban J connectivity index is 1.64. The number of nitrogens with zero attached hydrogens (tertiary/aromatic N) is 1. The van der Waals surface area contributed by atoms with Gasteiger partial charge in [-0.25, -0.2) is 0 Å². The summed E-state index contributed by atoms with van der Waals surface area (Å²) in [4.78, 5) is 14.4. The molecule has 1 heterocycles. The maximum absolute atomic E-state index is 11.9. The first-order valence-corrected chi connectivity index (χ1v) is 7.48. The van der Waals surface area contributed by atoms with Crippen LogP contribution in [-0.2, 0) is 11.3 Å². The van der Waals surface area contributed by atoms with Gasteiger partial charge in [0.1, 0.15) is 5.78 Å². The molecule has 0 bridgehead atoms. The second-order valence-corrected chi connectivity index (χ2v) is 6.27. The number of carbonyl (C=O) groups is 1. The van der Waals surface area contributed by atoms with Crippen molar-refractivity contribution in [1.82, 2.24) is 4.90 Å². The number of ketones is 1. The van der Waals surface area contributed by atoms with Gasteiger partial charge in [0, 0.05) is 18.5 Å². The monoisotopic (exact) mass is 257 g/mol. The van der Waals surface area contributed by atoms with E-state index in [1.54, 1.807) is 6.92 Å². The molecule has 1 saturated heterocycles. The summed E-state index contributed by atoms with van der Waals surface area (Å²) in [6, 6.07) is 10.7. The molecule has 2 aliphatic rings. The molecule has 19 heavy (non-hydrogen) atoms. The van der Waals surface area contributed by atoms with Crippen molar-refractivity contribution in [3.05, 3.63) is 35.9 Å². The number of Topliss-reactive ketones (excluding diaryl/α,β-unsaturated/α-hetero) is 1. The molecular formula is C17H23NO. The Hall–Kier alpha value is -1.15. The van der Waals surface area contributed by atoms with E-state index in [4.69, 9.17) is 0 Å². The maximum atomic E-state index is 11.9. The van der Waals surface area contributed by atoms with Crippen LogP contribution in [0.2, 0.25) is 0 Å². The lowest BCUT2D eigenvalue weighted by Gasteiger charge is -2.36. The summed E-state index contributed by atoms with van der Waals surface area (Å²) in [5.74, 6) is 1.03. The normalized spacial score (nSPS) is 26.1. The van der Waals surface area contributed by atoms with Crippen LogP contribution in [0.4, 0.5) is 0 Å². The highest BCUT2D eigenvalue weighted by molar-refractivity contribution is 5.85. The fraction of sp³-hybridized carbons (Fsp3) is 0.588. The van der Waals surface area contributed by atoms with Gasteiger partial charge in [-0.1, -0.05) is 30.3 Å². The Morgan fingerprint density at radius 3 is 2.68 bits per heavy atom. The summed E-state index contributed by atoms with van der Waals surface area (Å²) < 4.78 is 0. The molecule has 1 aliphatic carbocycles. The average molecular weight is 257 g/mol. The van der Waals surface area contributed by atoms with E-state index in [2.05, 4.69) is 35.2 Å². The Kier molecular flexibility index (Phi) is 3.44. The minimum Gasteiger partial charge on any atom is -0.299 e. The van der Waals surface area contributed by atoms with Gasteiger partial charge < -0.3 is 0 Å². The van der Waals surface area contributed by atoms with Gasteiger partial charge in [0.25, 0.3) is 0 Å². The van der Waals surface area contributed by atoms with E-state index in [1.807, 2.05) is 0 Å². The molecule has 1 aliphatic heterocycles. The van der Waals surface area contributed by atoms with Crippen LogP contribution >= 0.6 is 0 Å². The molecule has 0 N–H and O–H groups in total. The van der Waals surface area contributed by atoms with Crippen LogP contribution in [0.25, 0.3) is 0 Å². The molecular weight excluding hydrogens is 234 g/mol. The first-order valence-electron chi connectivity index (χ1n) is 7.48. The zero-order valence-corrected chi connectivity index (χ0v) is 11.8. The third kappa shape index (κ3) is 2.59. The predicted octanol–water partition coefficient (Wildman–Crippen LogP) is 3.27. The summed E-state index contributed by atoms with van der Waals surface area (Å²) in [7, 11) is 0. The fourth-order valence-electron chi connectivity index (χ4n) is 3.67. The number of likely N-dealkylation sites (tertiary alicyclic amines) is 1. The first-order chi connectivity index (χ1) is 9.21. The summed E-state index contributed by atoms with van der Waals surface area (Å²) in [5, 5.41) is 0. The molecule has 1 atom stereocenters. The van der Waals surface area contributed by atoms with Crippen LogP contribution in [0.1, 0.15) is 38.2 Å². The van der Waals surface area contributed by atoms with E-state index in [0.29, 0.717) is 11.7 Å². The molecule has 1 aromatic carbocycles. The largest absolute Gasteiger partial charge is 0.299 e. The summed E-state index contributed by atoms with van der Waals surface area (Å²) in [5.41, 5.74) is 1.45. The van der Waals surface area contributed by atoms with E-state index < -0.39 is 0 Å². The van der Waals surface area contributed by atoms with Crippen molar-refractivity contribution in [3.63, 3.8) is 0 Å². The number of rotatable bonds is 4. The lowest BCUT2D eigenvalue weighted by atomic mass is 9.80. The molecule has 0 radical (unpaired) electrons. The highest BCUT2D eigenvalue weighted by Gasteiger charge is 2.53. The number of carbonyl (C=O) groups excluding carboxylic acids is 1. The quantitative estimate of drug-likeness (QED) is 0.825. The van der Waals surface area contributed by atoms with Crippen molar-refractivity contribution in [2.75, 3.05) is 13.1 Å². The van der Waals surface area contributed by atoms with Crippen molar-refractivity contribution in [2.24, 2.45) is 11.3 Å². The van der Waals surface area contributed by atoms with Gasteiger partial charge >= 0.3 is 0 Å². The standard InChI is InChI=1S/C17H23NO/c1-14(19)17(9-10-17)16-8-5-11-18(13-16)12-15-6-3-2-4-7-15/h2-4,6-7,16H,5,8-13H2,1H3. The van der Waals surface area contributed by atoms with Gasteiger partial charge in [0.15, 0.2) is 0 Å². The summed E-state index contributed by atoms with van der Waals surface area (Å²) >= 11 is 0. The van der Waals surface area contributed by atoms with Gasteiger partial charge in [-0.05, 0) is 50.6 Å². The summed E-state index contributed by atoms with van der Waals surface area (Å²) in [6.07, 6.45) is 4.75. The van der Waals surface area contributed by atoms with Gasteiger partial charge in [0.2, 0.25) is 0 Å². The molecule has 1 unspecified atom stereocenters. The molecule has 1 saturated carbocycles. The fourth-order valence-corrected chi connectivity index (χ4v) is 3.67. The third-order valence-corrected chi connectivity index (χ3v) is 5.03. The van der Waals surface area contributed by atoms with E-state index in [-0.39, 0.29) is 5.41 Å². The lowest BCUT2D eigenvalue weighted by Crippen LogP contribution is -2.40. The number of piperidine rings is 1. The molecule has 2 fully saturated rings. The van der Waals surface area contributed by atoms with Crippen molar-refractivity contribution in [1.29, 1.82) is 0 Å². The van der Waals surface area contributed by atoms with Crippen LogP contribution in [0, 0.1) is 11.3 Å². The van der Waals surface area contributed by atoms with Crippen molar-refractivity contribution >= 4 is 5.78 Å². The second-order valence-electron chi connectivity index (χ2n) is 6.27. The van der Waals surface area contributed by atoms with Crippen molar-refractivity contribution in [3.8, 4) is 0 Å². The number of benzene rings is 1. The topological polar surface area (TPSA) is 20.3 Å². The summed E-state index contributed by atoms with van der Waals surface area (Å²) in [6.45, 7) is 5.11. The van der Waals surface area contributed by atoms with Crippen LogP contribution in [-0.4, -0.2) is 23.8 Å². The Labute approximate surface area is 115 Å². The van der Waals surface area contributed by atoms with E-state index >= 15 is 0 Å². The molecule has 0 aromatic heterocycles. The molecule has 3 rings (SSSR count). The van der Waals surface area contributed by atoms with Crippen LogP contribution in [0.15, 0.2) is 30.3 Å². The lowest BCUT2D eigenvalue weighted by molar-refractivity contribution is -0.124. The molecule has 1 aromatic rings. The molecule has 2 nitrogen and oxygen atoms in total. The Bertz CT molecular complexity index is 450. The highest BCUT2D eigenvalue weighted by Crippen LogP contribution is 2.55. The van der Waals surface area contributed by atoms with Crippen molar-refractivity contribution < 1.29 is 4.79 Å². The van der Waals surface area contributed by atoms with Crippen molar-refractivity contribution in [2.45, 2.75) is 39.2 Å². The minimum absolute atomic E-state index is 0.0648. The minimum atomic E-state index is 0.0648. The average Bonchev–Trinajstić information content (AvgIpc) is 3.22. The van der Waals surface area contributed by atoms with Gasteiger partial charge in [0.05, 0.1) is 0 Å². The molecule has 2 heteroatoms. The SMILES string of the molecule is CC(=O)C1(C2CCCN(Cc3ccccc3)C2)CC1. The van der Waals surface area contributed by atoms with E-state index in [1.165, 1.54) is 24.9 Å². The zero-order chi connectivity index (χ0) is 13.3. The maximum Gasteiger partial charge on any atom is 0.136 e. The smallest absolute Gasteiger partial charge is 0.136 e. The van der Waals surface area contributed by atoms with Crippen LogP contribution in [0.5, 0.6) is 0 Å². The zero-order valence-electron chi connectivity index (χ0n) is 11.8. The van der Waals surface area contributed by atoms with Gasteiger partial charge in [-0.15, -0.1) is 0 Å². The Morgan fingerprint density at radius 1 is 1.32 bits per heavy atom. The van der Waals surface area contributed by atoms with E-state index in [0.717, 1.165) is 25.9 Å². The van der Waals surface area contributed by atoms with E-state index in [9.17, 15) is 4.79 Å². The Morgan fingerprint density at radius 2 is 2.05 bits per heavy atom. The highest BCUT2D eigenvalue weighted by atomic mass is 16.1. The number of hydrogen-bond donors (Lipinski definition) is 0. The van der Waals surface area contributed by atoms with Crippen LogP contribution < -0.4 is 0 Å². The second kappa shape index (κ2) is 5.09. The third-order valence-electron chi connectivity index (χ3n) is 5.03. The molecule has 0 amide bonds.